The Morgan fingerprint density at radius 2 is 2.31 bits per heavy atom. The number of benzene rings is 1. The van der Waals surface area contributed by atoms with Crippen molar-refractivity contribution in [2.45, 2.75) is 0 Å². The Kier molecular flexibility index (Phi) is 1.55. The molecule has 1 amide bonds. The lowest BCUT2D eigenvalue weighted by molar-refractivity contribution is 0.100. The second-order valence-electron chi connectivity index (χ2n) is 2.92. The van der Waals surface area contributed by atoms with Crippen LogP contribution in [0.2, 0.25) is 0 Å². The molecule has 0 atom stereocenters. The first-order chi connectivity index (χ1) is 6.18. The molecular weight excluding hydrogens is 166 g/mol. The van der Waals surface area contributed by atoms with Gasteiger partial charge in [-0.3, -0.25) is 4.79 Å². The van der Waals surface area contributed by atoms with Crippen molar-refractivity contribution in [2.75, 3.05) is 0 Å². The first-order valence-electron chi connectivity index (χ1n) is 3.89. The van der Waals surface area contributed by atoms with Crippen LogP contribution in [0.3, 0.4) is 0 Å². The van der Waals surface area contributed by atoms with E-state index in [1.165, 1.54) is 0 Å². The van der Waals surface area contributed by atoms with Crippen molar-refractivity contribution in [1.29, 1.82) is 0 Å². The Morgan fingerprint density at radius 1 is 1.54 bits per heavy atom. The summed E-state index contributed by atoms with van der Waals surface area (Å²) < 4.78 is 1.85. The predicted octanol–water partition coefficient (Wildman–Crippen LogP) is 0.672. The molecule has 66 valence electrons. The van der Waals surface area contributed by atoms with E-state index in [0.29, 0.717) is 5.56 Å². The summed E-state index contributed by atoms with van der Waals surface area (Å²) in [7, 11) is 1.88. The monoisotopic (exact) mass is 175 g/mol. The van der Waals surface area contributed by atoms with Crippen LogP contribution in [0.15, 0.2) is 24.5 Å². The molecule has 2 rings (SSSR count). The van der Waals surface area contributed by atoms with Crippen LogP contribution < -0.4 is 5.73 Å². The highest BCUT2D eigenvalue weighted by Gasteiger charge is 2.04. The Labute approximate surface area is 75.0 Å². The van der Waals surface area contributed by atoms with E-state index in [2.05, 4.69) is 4.98 Å². The average molecular weight is 175 g/mol. The van der Waals surface area contributed by atoms with Gasteiger partial charge in [0.15, 0.2) is 0 Å². The van der Waals surface area contributed by atoms with Crippen molar-refractivity contribution >= 4 is 16.9 Å². The van der Waals surface area contributed by atoms with Crippen LogP contribution in [0, 0.1) is 0 Å². The number of nitrogens with zero attached hydrogens (tertiary/aromatic N) is 2. The van der Waals surface area contributed by atoms with Gasteiger partial charge in [-0.25, -0.2) is 4.98 Å². The molecule has 0 spiro atoms. The Bertz CT molecular complexity index is 473. The quantitative estimate of drug-likeness (QED) is 0.692. The average Bonchev–Trinajstić information content (AvgIpc) is 2.47. The summed E-state index contributed by atoms with van der Waals surface area (Å²) in [6.45, 7) is 0. The zero-order valence-electron chi connectivity index (χ0n) is 7.19. The highest BCUT2D eigenvalue weighted by Crippen LogP contribution is 2.13. The van der Waals surface area contributed by atoms with Crippen molar-refractivity contribution in [3.05, 3.63) is 30.1 Å². The fraction of sp³-hybridized carbons (Fsp3) is 0.111. The van der Waals surface area contributed by atoms with E-state index < -0.39 is 5.91 Å². The predicted molar refractivity (Wildman–Crippen MR) is 49.2 cm³/mol. The summed E-state index contributed by atoms with van der Waals surface area (Å²) in [5.74, 6) is -0.414. The van der Waals surface area contributed by atoms with Gasteiger partial charge in [0.1, 0.15) is 0 Å². The summed E-state index contributed by atoms with van der Waals surface area (Å²) in [5, 5.41) is 0. The van der Waals surface area contributed by atoms with Gasteiger partial charge in [0.05, 0.1) is 17.4 Å². The van der Waals surface area contributed by atoms with Crippen molar-refractivity contribution in [1.82, 2.24) is 9.55 Å². The molecule has 4 nitrogen and oxygen atoms in total. The first-order valence-corrected chi connectivity index (χ1v) is 3.89. The number of aryl methyl sites for hydroxylation is 1. The Hall–Kier alpha value is -1.84. The molecule has 0 bridgehead atoms. The number of primary amides is 1. The van der Waals surface area contributed by atoms with E-state index in [1.807, 2.05) is 11.6 Å². The third kappa shape index (κ3) is 1.16. The van der Waals surface area contributed by atoms with Crippen LogP contribution in [0.25, 0.3) is 11.0 Å². The van der Waals surface area contributed by atoms with Gasteiger partial charge in [-0.1, -0.05) is 0 Å². The van der Waals surface area contributed by atoms with Crippen LogP contribution in [0.4, 0.5) is 0 Å². The lowest BCUT2D eigenvalue weighted by Gasteiger charge is -1.96. The SMILES string of the molecule is Cn1cnc2ccc(C(N)=O)cc21. The Balaban J connectivity index is 2.72. The van der Waals surface area contributed by atoms with E-state index in [0.717, 1.165) is 11.0 Å². The summed E-state index contributed by atoms with van der Waals surface area (Å²) in [5.41, 5.74) is 7.45. The smallest absolute Gasteiger partial charge is 0.248 e. The number of nitrogens with two attached hydrogens (primary N) is 1. The third-order valence-corrected chi connectivity index (χ3v) is 2.01. The topological polar surface area (TPSA) is 60.9 Å². The van der Waals surface area contributed by atoms with Gasteiger partial charge in [-0.15, -0.1) is 0 Å². The number of imidazole rings is 1. The number of hydrogen-bond donors (Lipinski definition) is 1. The molecule has 0 radical (unpaired) electrons. The fourth-order valence-electron chi connectivity index (χ4n) is 1.28. The van der Waals surface area contributed by atoms with Gasteiger partial charge in [0, 0.05) is 12.6 Å². The lowest BCUT2D eigenvalue weighted by atomic mass is 10.2. The fourth-order valence-corrected chi connectivity index (χ4v) is 1.28. The van der Waals surface area contributed by atoms with Gasteiger partial charge in [-0.2, -0.15) is 0 Å². The molecule has 0 aliphatic rings. The third-order valence-electron chi connectivity index (χ3n) is 2.01. The molecule has 2 aromatic rings. The van der Waals surface area contributed by atoms with Gasteiger partial charge in [0.2, 0.25) is 5.91 Å². The largest absolute Gasteiger partial charge is 0.366 e. The van der Waals surface area contributed by atoms with Crippen LogP contribution in [0.5, 0.6) is 0 Å². The summed E-state index contributed by atoms with van der Waals surface area (Å²) in [6.07, 6.45) is 1.70. The normalized spacial score (nSPS) is 10.5. The van der Waals surface area contributed by atoms with Crippen molar-refractivity contribution in [3.63, 3.8) is 0 Å². The number of hydrogen-bond acceptors (Lipinski definition) is 2. The summed E-state index contributed by atoms with van der Waals surface area (Å²) >= 11 is 0. The van der Waals surface area contributed by atoms with Gasteiger partial charge in [0.25, 0.3) is 0 Å². The van der Waals surface area contributed by atoms with Gasteiger partial charge < -0.3 is 10.3 Å². The molecule has 0 saturated heterocycles. The highest BCUT2D eigenvalue weighted by atomic mass is 16.1. The maximum absolute atomic E-state index is 10.9. The molecule has 0 aliphatic heterocycles. The molecule has 0 aliphatic carbocycles. The summed E-state index contributed by atoms with van der Waals surface area (Å²) in [6, 6.07) is 5.21. The second kappa shape index (κ2) is 2.58. The molecule has 1 aromatic carbocycles. The molecule has 2 N–H and O–H groups in total. The highest BCUT2D eigenvalue weighted by molar-refractivity contribution is 5.96. The number of rotatable bonds is 1. The molecule has 4 heteroatoms. The Morgan fingerprint density at radius 3 is 3.00 bits per heavy atom. The summed E-state index contributed by atoms with van der Waals surface area (Å²) in [4.78, 5) is 15.0. The molecule has 1 aromatic heterocycles. The number of carbonyl (C=O) groups is 1. The van der Waals surface area contributed by atoms with E-state index in [1.54, 1.807) is 24.5 Å². The first kappa shape index (κ1) is 7.79. The number of aromatic nitrogens is 2. The molecule has 1 heterocycles. The van der Waals surface area contributed by atoms with E-state index >= 15 is 0 Å². The van der Waals surface area contributed by atoms with Crippen LogP contribution in [-0.4, -0.2) is 15.5 Å². The minimum atomic E-state index is -0.414. The molecule has 13 heavy (non-hydrogen) atoms. The minimum absolute atomic E-state index is 0.414. The van der Waals surface area contributed by atoms with Gasteiger partial charge >= 0.3 is 0 Å². The van der Waals surface area contributed by atoms with Crippen LogP contribution in [0.1, 0.15) is 10.4 Å². The zero-order valence-corrected chi connectivity index (χ0v) is 7.19. The molecule has 0 fully saturated rings. The maximum Gasteiger partial charge on any atom is 0.248 e. The molecule has 0 unspecified atom stereocenters. The van der Waals surface area contributed by atoms with E-state index in [-0.39, 0.29) is 0 Å². The number of amides is 1. The molecular formula is C9H9N3O. The number of fused-ring (bicyclic) bond motifs is 1. The molecule has 0 saturated carbocycles. The zero-order chi connectivity index (χ0) is 9.42. The van der Waals surface area contributed by atoms with E-state index in [9.17, 15) is 4.79 Å². The van der Waals surface area contributed by atoms with Crippen molar-refractivity contribution < 1.29 is 4.79 Å². The van der Waals surface area contributed by atoms with E-state index in [4.69, 9.17) is 5.73 Å². The standard InChI is InChI=1S/C9H9N3O/c1-12-5-11-7-3-2-6(9(10)13)4-8(7)12/h2-5H,1H3,(H2,10,13). The minimum Gasteiger partial charge on any atom is -0.366 e. The van der Waals surface area contributed by atoms with Crippen molar-refractivity contribution in [2.24, 2.45) is 12.8 Å². The maximum atomic E-state index is 10.9. The number of carbonyl (C=O) groups excluding carboxylic acids is 1. The second-order valence-corrected chi connectivity index (χ2v) is 2.92. The van der Waals surface area contributed by atoms with Crippen LogP contribution >= 0.6 is 0 Å². The van der Waals surface area contributed by atoms with Crippen molar-refractivity contribution in [3.8, 4) is 0 Å². The van der Waals surface area contributed by atoms with Crippen LogP contribution in [-0.2, 0) is 7.05 Å². The lowest BCUT2D eigenvalue weighted by Crippen LogP contribution is -2.10. The van der Waals surface area contributed by atoms with Gasteiger partial charge in [-0.05, 0) is 18.2 Å².